The molecule has 2 heterocycles. The Bertz CT molecular complexity index is 1400. The van der Waals surface area contributed by atoms with Gasteiger partial charge in [-0.1, -0.05) is 56.3 Å². The zero-order valence-corrected chi connectivity index (χ0v) is 21.1. The summed E-state index contributed by atoms with van der Waals surface area (Å²) in [5, 5.41) is 12.3. The van der Waals surface area contributed by atoms with Crippen LogP contribution in [0.3, 0.4) is 0 Å². The number of nitrogens with zero attached hydrogens (tertiary/aromatic N) is 2. The topological polar surface area (TPSA) is 54.7 Å². The van der Waals surface area contributed by atoms with E-state index in [1.807, 2.05) is 42.1 Å². The van der Waals surface area contributed by atoms with Crippen molar-refractivity contribution in [2.75, 3.05) is 0 Å². The van der Waals surface area contributed by atoms with E-state index in [0.717, 1.165) is 16.0 Å². The second kappa shape index (κ2) is 8.30. The van der Waals surface area contributed by atoms with Crippen LogP contribution in [0.5, 0.6) is 17.4 Å². The SMILES string of the molecule is CC1(C)c2ccccc2[C@@H]2N=C(c3[c-]c(Oc4ccc5cccc(O)c5n4)ccc3)S[C@@H]21.[Pt]. The molecule has 0 fully saturated rings. The molecule has 1 aliphatic carbocycles. The van der Waals surface area contributed by atoms with Crippen molar-refractivity contribution < 1.29 is 30.9 Å². The summed E-state index contributed by atoms with van der Waals surface area (Å²) in [7, 11) is 0. The summed E-state index contributed by atoms with van der Waals surface area (Å²) < 4.78 is 5.99. The predicted molar refractivity (Wildman–Crippen MR) is 129 cm³/mol. The first kappa shape index (κ1) is 22.2. The van der Waals surface area contributed by atoms with E-state index in [4.69, 9.17) is 9.73 Å². The van der Waals surface area contributed by atoms with Crippen LogP contribution < -0.4 is 4.74 Å². The van der Waals surface area contributed by atoms with Crippen LogP contribution >= 0.6 is 11.8 Å². The minimum atomic E-state index is 0. The van der Waals surface area contributed by atoms with Crippen molar-refractivity contribution in [1.82, 2.24) is 4.98 Å². The van der Waals surface area contributed by atoms with Gasteiger partial charge >= 0.3 is 0 Å². The van der Waals surface area contributed by atoms with Gasteiger partial charge in [-0.15, -0.1) is 23.8 Å². The van der Waals surface area contributed by atoms with Gasteiger partial charge in [0, 0.05) is 54.0 Å². The molecule has 168 valence electrons. The van der Waals surface area contributed by atoms with Crippen molar-refractivity contribution in [3.8, 4) is 17.4 Å². The summed E-state index contributed by atoms with van der Waals surface area (Å²) >= 11 is 1.83. The van der Waals surface area contributed by atoms with Gasteiger partial charge in [0.25, 0.3) is 0 Å². The summed E-state index contributed by atoms with van der Waals surface area (Å²) in [6.45, 7) is 4.62. The molecule has 0 spiro atoms. The Kier molecular flexibility index (Phi) is 5.58. The number of pyridine rings is 1. The van der Waals surface area contributed by atoms with Gasteiger partial charge in [-0.2, -0.15) is 11.8 Å². The van der Waals surface area contributed by atoms with Crippen LogP contribution in [0.15, 0.2) is 77.8 Å². The van der Waals surface area contributed by atoms with Crippen molar-refractivity contribution in [1.29, 1.82) is 0 Å². The molecule has 3 aromatic carbocycles. The van der Waals surface area contributed by atoms with E-state index in [9.17, 15) is 5.11 Å². The number of para-hydroxylation sites is 1. The van der Waals surface area contributed by atoms with E-state index in [1.54, 1.807) is 18.2 Å². The molecule has 1 N–H and O–H groups in total. The van der Waals surface area contributed by atoms with Crippen LogP contribution in [0.25, 0.3) is 10.9 Å². The first-order valence-corrected chi connectivity index (χ1v) is 11.5. The first-order chi connectivity index (χ1) is 15.5. The monoisotopic (exact) mass is 632 g/mol. The third-order valence-corrected chi connectivity index (χ3v) is 8.00. The van der Waals surface area contributed by atoms with Gasteiger partial charge in [0.05, 0.1) is 6.04 Å². The number of rotatable bonds is 3. The minimum Gasteiger partial charge on any atom is -0.506 e. The molecule has 1 aliphatic heterocycles. The number of phenols is 1. The van der Waals surface area contributed by atoms with E-state index in [2.05, 4.69) is 49.2 Å². The molecule has 0 radical (unpaired) electrons. The average molecular weight is 633 g/mol. The van der Waals surface area contributed by atoms with Gasteiger partial charge in [-0.05, 0) is 23.3 Å². The number of hydrogen-bond donors (Lipinski definition) is 1. The van der Waals surface area contributed by atoms with Gasteiger partial charge < -0.3 is 14.8 Å². The number of phenolic OH excluding ortho intramolecular Hbond substituents is 1. The fraction of sp³-hybridized carbons (Fsp3) is 0.185. The third-order valence-electron chi connectivity index (χ3n) is 6.35. The summed E-state index contributed by atoms with van der Waals surface area (Å²) in [6, 6.07) is 27.1. The Hall–Kier alpha value is -2.62. The van der Waals surface area contributed by atoms with Crippen molar-refractivity contribution in [2.45, 2.75) is 30.6 Å². The van der Waals surface area contributed by atoms with Crippen LogP contribution in [0.1, 0.15) is 36.6 Å². The first-order valence-electron chi connectivity index (χ1n) is 10.6. The molecule has 4 nitrogen and oxygen atoms in total. The molecule has 1 aromatic heterocycles. The van der Waals surface area contributed by atoms with Crippen LogP contribution in [0.4, 0.5) is 0 Å². The molecular weight excluding hydrogens is 611 g/mol. The summed E-state index contributed by atoms with van der Waals surface area (Å²) in [5.74, 6) is 1.13. The quantitative estimate of drug-likeness (QED) is 0.265. The zero-order valence-electron chi connectivity index (χ0n) is 18.1. The van der Waals surface area contributed by atoms with Crippen molar-refractivity contribution in [2.24, 2.45) is 4.99 Å². The fourth-order valence-electron chi connectivity index (χ4n) is 4.73. The number of aromatic nitrogens is 1. The van der Waals surface area contributed by atoms with Gasteiger partial charge in [-0.3, -0.25) is 0 Å². The molecule has 33 heavy (non-hydrogen) atoms. The molecule has 6 heteroatoms. The van der Waals surface area contributed by atoms with Crippen LogP contribution in [-0.4, -0.2) is 20.4 Å². The Labute approximate surface area is 211 Å². The second-order valence-electron chi connectivity index (χ2n) is 8.76. The Morgan fingerprint density at radius 1 is 0.970 bits per heavy atom. The van der Waals surface area contributed by atoms with E-state index < -0.39 is 0 Å². The standard InChI is InChI=1S/C27H21N2O2S.Pt/c1-27(2)20-11-4-3-10-19(20)24-25(27)32-26(29-24)17-8-5-9-18(15-17)31-22-14-13-16-7-6-12-21(30)23(16)28-22;/h3-14,24-25,30H,1-2H3;/q-1;/t24-,25-;/m0./s1. The molecule has 0 unspecified atom stereocenters. The Morgan fingerprint density at radius 2 is 1.79 bits per heavy atom. The number of ether oxygens (including phenoxy) is 1. The molecule has 0 saturated heterocycles. The largest absolute Gasteiger partial charge is 0.506 e. The smallest absolute Gasteiger partial charge is 0.217 e. The van der Waals surface area contributed by atoms with Gasteiger partial charge in [0.1, 0.15) is 11.3 Å². The molecule has 2 atom stereocenters. The van der Waals surface area contributed by atoms with Gasteiger partial charge in [0.15, 0.2) is 0 Å². The second-order valence-corrected chi connectivity index (χ2v) is 9.89. The van der Waals surface area contributed by atoms with Gasteiger partial charge in [-0.25, -0.2) is 4.98 Å². The molecule has 2 aliphatic rings. The van der Waals surface area contributed by atoms with Crippen molar-refractivity contribution in [3.63, 3.8) is 0 Å². The van der Waals surface area contributed by atoms with Crippen LogP contribution in [0.2, 0.25) is 0 Å². The fourth-order valence-corrected chi connectivity index (χ4v) is 6.15. The van der Waals surface area contributed by atoms with Gasteiger partial charge in [0.2, 0.25) is 5.88 Å². The zero-order chi connectivity index (χ0) is 21.9. The van der Waals surface area contributed by atoms with Crippen LogP contribution in [-0.2, 0) is 26.5 Å². The maximum Gasteiger partial charge on any atom is 0.217 e. The number of benzene rings is 3. The summed E-state index contributed by atoms with van der Waals surface area (Å²) in [4.78, 5) is 9.56. The summed E-state index contributed by atoms with van der Waals surface area (Å²) in [5.41, 5.74) is 4.24. The number of thioether (sulfide) groups is 1. The summed E-state index contributed by atoms with van der Waals surface area (Å²) in [6.07, 6.45) is 0. The molecular formula is C27H21N2O2PtS-. The molecule has 0 bridgehead atoms. The average Bonchev–Trinajstić information content (AvgIpc) is 3.34. The molecule has 6 rings (SSSR count). The minimum absolute atomic E-state index is 0. The molecule has 0 saturated carbocycles. The maximum atomic E-state index is 10.1. The number of fused-ring (bicyclic) bond motifs is 4. The number of hydrogen-bond acceptors (Lipinski definition) is 5. The van der Waals surface area contributed by atoms with E-state index in [0.29, 0.717) is 22.4 Å². The Balaban J connectivity index is 0.00000228. The molecule has 0 amide bonds. The predicted octanol–water partition coefficient (Wildman–Crippen LogP) is 6.42. The third kappa shape index (κ3) is 3.68. The van der Waals surface area contributed by atoms with E-state index in [-0.39, 0.29) is 38.3 Å². The van der Waals surface area contributed by atoms with E-state index >= 15 is 0 Å². The number of aromatic hydroxyl groups is 1. The Morgan fingerprint density at radius 3 is 2.67 bits per heavy atom. The van der Waals surface area contributed by atoms with E-state index in [1.165, 1.54) is 11.1 Å². The normalized spacial score (nSPS) is 20.0. The van der Waals surface area contributed by atoms with Crippen molar-refractivity contribution in [3.05, 3.63) is 95.6 Å². The van der Waals surface area contributed by atoms with Crippen LogP contribution in [0, 0.1) is 6.07 Å². The maximum absolute atomic E-state index is 10.1. The van der Waals surface area contributed by atoms with Crippen molar-refractivity contribution >= 4 is 27.7 Å². The molecule has 4 aromatic rings. The number of aliphatic imine (C=N–C) groups is 1.